The molecule has 0 aliphatic carbocycles. The highest BCUT2D eigenvalue weighted by Gasteiger charge is 2.48. The summed E-state index contributed by atoms with van der Waals surface area (Å²) >= 11 is 0. The van der Waals surface area contributed by atoms with Gasteiger partial charge in [-0.3, -0.25) is 4.90 Å². The summed E-state index contributed by atoms with van der Waals surface area (Å²) < 4.78 is 10.3. The molecular formula is C7H12N2O3. The van der Waals surface area contributed by atoms with Gasteiger partial charge in [0.1, 0.15) is 0 Å². The predicted octanol–water partition coefficient (Wildman–Crippen LogP) is -0.615. The van der Waals surface area contributed by atoms with Crippen molar-refractivity contribution >= 4 is 6.03 Å². The standard InChI is InChI=1S/C7H12N2O3/c1-11-7(4-12-5-7)9-3-2-8-6(9)10/h2-5H2,1H3,(H,8,10). The molecule has 2 amide bonds. The molecule has 2 fully saturated rings. The Morgan fingerprint density at radius 2 is 2.42 bits per heavy atom. The second kappa shape index (κ2) is 2.60. The number of urea groups is 1. The van der Waals surface area contributed by atoms with Crippen LogP contribution in [0.25, 0.3) is 0 Å². The molecule has 0 aromatic heterocycles. The van der Waals surface area contributed by atoms with Crippen molar-refractivity contribution in [1.82, 2.24) is 10.2 Å². The highest BCUT2D eigenvalue weighted by atomic mass is 16.6. The molecule has 5 nitrogen and oxygen atoms in total. The van der Waals surface area contributed by atoms with Gasteiger partial charge in [-0.25, -0.2) is 4.79 Å². The minimum atomic E-state index is -0.486. The van der Waals surface area contributed by atoms with E-state index in [4.69, 9.17) is 9.47 Å². The maximum Gasteiger partial charge on any atom is 0.319 e. The first-order valence-corrected chi connectivity index (χ1v) is 3.97. The van der Waals surface area contributed by atoms with Gasteiger partial charge in [0.2, 0.25) is 0 Å². The summed E-state index contributed by atoms with van der Waals surface area (Å²) in [7, 11) is 1.61. The Morgan fingerprint density at radius 1 is 1.67 bits per heavy atom. The molecule has 1 N–H and O–H groups in total. The van der Waals surface area contributed by atoms with E-state index in [2.05, 4.69) is 5.32 Å². The maximum atomic E-state index is 11.3. The molecule has 2 aliphatic rings. The molecule has 0 aromatic rings. The largest absolute Gasteiger partial charge is 0.371 e. The smallest absolute Gasteiger partial charge is 0.319 e. The zero-order valence-corrected chi connectivity index (χ0v) is 7.00. The molecule has 0 unspecified atom stereocenters. The van der Waals surface area contributed by atoms with Crippen LogP contribution in [0.5, 0.6) is 0 Å². The van der Waals surface area contributed by atoms with E-state index in [0.29, 0.717) is 26.3 Å². The van der Waals surface area contributed by atoms with Crippen LogP contribution in [0.4, 0.5) is 4.79 Å². The lowest BCUT2D eigenvalue weighted by molar-refractivity contribution is -0.253. The second-order valence-corrected chi connectivity index (χ2v) is 3.03. The summed E-state index contributed by atoms with van der Waals surface area (Å²) in [6, 6.07) is -0.0554. The molecule has 0 bridgehead atoms. The molecular weight excluding hydrogens is 160 g/mol. The van der Waals surface area contributed by atoms with Crippen molar-refractivity contribution in [3.63, 3.8) is 0 Å². The van der Waals surface area contributed by atoms with Gasteiger partial charge in [-0.05, 0) is 0 Å². The number of methoxy groups -OCH3 is 1. The van der Waals surface area contributed by atoms with Crippen LogP contribution >= 0.6 is 0 Å². The van der Waals surface area contributed by atoms with Crippen LogP contribution in [0, 0.1) is 0 Å². The van der Waals surface area contributed by atoms with Crippen LogP contribution in [-0.4, -0.2) is 50.1 Å². The maximum absolute atomic E-state index is 11.3. The zero-order valence-electron chi connectivity index (χ0n) is 7.00. The SMILES string of the molecule is COC1(N2CCNC2=O)COC1. The Morgan fingerprint density at radius 3 is 2.75 bits per heavy atom. The van der Waals surface area contributed by atoms with Crippen molar-refractivity contribution < 1.29 is 14.3 Å². The van der Waals surface area contributed by atoms with E-state index in [1.165, 1.54) is 0 Å². The Bertz CT molecular complexity index is 197. The molecule has 12 heavy (non-hydrogen) atoms. The monoisotopic (exact) mass is 172 g/mol. The third kappa shape index (κ3) is 0.899. The number of carbonyl (C=O) groups is 1. The molecule has 0 saturated carbocycles. The summed E-state index contributed by atoms with van der Waals surface area (Å²) in [5.41, 5.74) is -0.486. The molecule has 2 saturated heterocycles. The van der Waals surface area contributed by atoms with Gasteiger partial charge in [0.05, 0.1) is 13.2 Å². The quantitative estimate of drug-likeness (QED) is 0.604. The molecule has 2 rings (SSSR count). The van der Waals surface area contributed by atoms with Gasteiger partial charge in [-0.2, -0.15) is 0 Å². The zero-order chi connectivity index (χ0) is 8.60. The summed E-state index contributed by atoms with van der Waals surface area (Å²) in [5.74, 6) is 0. The third-order valence-electron chi connectivity index (χ3n) is 2.38. The second-order valence-electron chi connectivity index (χ2n) is 3.03. The van der Waals surface area contributed by atoms with Gasteiger partial charge in [-0.15, -0.1) is 0 Å². The van der Waals surface area contributed by atoms with E-state index < -0.39 is 5.72 Å². The van der Waals surface area contributed by atoms with Crippen molar-refractivity contribution in [2.75, 3.05) is 33.4 Å². The first-order valence-electron chi connectivity index (χ1n) is 3.97. The van der Waals surface area contributed by atoms with Gasteiger partial charge in [0, 0.05) is 20.2 Å². The molecule has 5 heteroatoms. The number of hydrogen-bond donors (Lipinski definition) is 1. The molecule has 2 heterocycles. The fourth-order valence-corrected chi connectivity index (χ4v) is 1.52. The number of carbonyl (C=O) groups excluding carboxylic acids is 1. The Balaban J connectivity index is 2.10. The van der Waals surface area contributed by atoms with E-state index in [9.17, 15) is 4.79 Å². The van der Waals surface area contributed by atoms with Gasteiger partial charge in [0.15, 0.2) is 5.72 Å². The highest BCUT2D eigenvalue weighted by Crippen LogP contribution is 2.26. The Hall–Kier alpha value is -0.810. The lowest BCUT2D eigenvalue weighted by Gasteiger charge is -2.45. The van der Waals surface area contributed by atoms with Gasteiger partial charge >= 0.3 is 6.03 Å². The Kier molecular flexibility index (Phi) is 1.69. The van der Waals surface area contributed by atoms with Crippen LogP contribution in [0.15, 0.2) is 0 Å². The van der Waals surface area contributed by atoms with E-state index in [0.717, 1.165) is 0 Å². The van der Waals surface area contributed by atoms with Crippen molar-refractivity contribution in [3.05, 3.63) is 0 Å². The Labute approximate surface area is 70.6 Å². The average molecular weight is 172 g/mol. The van der Waals surface area contributed by atoms with Crippen molar-refractivity contribution in [2.24, 2.45) is 0 Å². The van der Waals surface area contributed by atoms with Crippen LogP contribution in [0.1, 0.15) is 0 Å². The molecule has 0 atom stereocenters. The topological polar surface area (TPSA) is 50.8 Å². The van der Waals surface area contributed by atoms with Gasteiger partial charge < -0.3 is 14.8 Å². The lowest BCUT2D eigenvalue weighted by atomic mass is 10.1. The minimum Gasteiger partial charge on any atom is -0.371 e. The van der Waals surface area contributed by atoms with Gasteiger partial charge in [-0.1, -0.05) is 0 Å². The number of hydrogen-bond acceptors (Lipinski definition) is 3. The summed E-state index contributed by atoms with van der Waals surface area (Å²) in [5, 5.41) is 2.73. The number of nitrogens with zero attached hydrogens (tertiary/aromatic N) is 1. The van der Waals surface area contributed by atoms with Crippen LogP contribution in [0.2, 0.25) is 0 Å². The fourth-order valence-electron chi connectivity index (χ4n) is 1.52. The predicted molar refractivity (Wildman–Crippen MR) is 40.7 cm³/mol. The third-order valence-corrected chi connectivity index (χ3v) is 2.38. The number of nitrogens with one attached hydrogen (secondary N) is 1. The van der Waals surface area contributed by atoms with Crippen LogP contribution < -0.4 is 5.32 Å². The minimum absolute atomic E-state index is 0.0554. The van der Waals surface area contributed by atoms with E-state index in [1.54, 1.807) is 12.0 Å². The average Bonchev–Trinajstić information content (AvgIpc) is 2.36. The summed E-state index contributed by atoms with van der Waals surface area (Å²) in [4.78, 5) is 12.9. The molecule has 0 aromatic carbocycles. The number of rotatable bonds is 2. The lowest BCUT2D eigenvalue weighted by Crippen LogP contribution is -2.64. The highest BCUT2D eigenvalue weighted by molar-refractivity contribution is 5.77. The molecule has 0 spiro atoms. The van der Waals surface area contributed by atoms with Crippen molar-refractivity contribution in [1.29, 1.82) is 0 Å². The van der Waals surface area contributed by atoms with E-state index >= 15 is 0 Å². The molecule has 68 valence electrons. The van der Waals surface area contributed by atoms with Crippen LogP contribution in [0.3, 0.4) is 0 Å². The first-order chi connectivity index (χ1) is 5.78. The molecule has 0 radical (unpaired) electrons. The first kappa shape index (κ1) is 7.82. The van der Waals surface area contributed by atoms with Crippen molar-refractivity contribution in [3.8, 4) is 0 Å². The van der Waals surface area contributed by atoms with Crippen molar-refractivity contribution in [2.45, 2.75) is 5.72 Å². The van der Waals surface area contributed by atoms with E-state index in [-0.39, 0.29) is 6.03 Å². The van der Waals surface area contributed by atoms with Gasteiger partial charge in [0.25, 0.3) is 0 Å². The van der Waals surface area contributed by atoms with E-state index in [1.807, 2.05) is 0 Å². The number of ether oxygens (including phenoxy) is 2. The molecule has 2 aliphatic heterocycles. The normalized spacial score (nSPS) is 26.8. The fraction of sp³-hybridized carbons (Fsp3) is 0.857. The summed E-state index contributed by atoms with van der Waals surface area (Å²) in [6.45, 7) is 2.37. The summed E-state index contributed by atoms with van der Waals surface area (Å²) in [6.07, 6.45) is 0. The van der Waals surface area contributed by atoms with Crippen LogP contribution in [-0.2, 0) is 9.47 Å². The number of amides is 2.